The third-order valence-electron chi connectivity index (χ3n) is 9.05. The van der Waals surface area contributed by atoms with Crippen molar-refractivity contribution in [3.63, 3.8) is 0 Å². The van der Waals surface area contributed by atoms with Crippen molar-refractivity contribution in [3.8, 4) is 17.0 Å². The number of ketones is 1. The van der Waals surface area contributed by atoms with Crippen molar-refractivity contribution in [3.05, 3.63) is 95.6 Å². The van der Waals surface area contributed by atoms with E-state index >= 15 is 0 Å². The Kier molecular flexibility index (Phi) is 6.26. The minimum atomic E-state index is -0.242. The van der Waals surface area contributed by atoms with Crippen LogP contribution in [0.3, 0.4) is 0 Å². The van der Waals surface area contributed by atoms with Gasteiger partial charge in [-0.15, -0.1) is 0 Å². The molecule has 202 valence electrons. The second-order valence-electron chi connectivity index (χ2n) is 11.2. The fraction of sp³-hybridized carbons (Fsp3) is 0.324. The minimum Gasteiger partial charge on any atom is -0.481 e. The minimum absolute atomic E-state index is 0.0310. The Morgan fingerprint density at radius 1 is 0.875 bits per heavy atom. The third-order valence-corrected chi connectivity index (χ3v) is 9.05. The summed E-state index contributed by atoms with van der Waals surface area (Å²) in [5.74, 6) is 0.649. The van der Waals surface area contributed by atoms with Crippen LogP contribution in [0.2, 0.25) is 0 Å². The predicted octanol–water partition coefficient (Wildman–Crippen LogP) is 7.01. The molecule has 1 aromatic heterocycles. The number of nitrogens with zero attached hydrogens (tertiary/aromatic N) is 2. The highest BCUT2D eigenvalue weighted by molar-refractivity contribution is 6.01. The molecule has 2 fully saturated rings. The Labute approximate surface area is 233 Å². The van der Waals surface area contributed by atoms with Crippen molar-refractivity contribution < 1.29 is 19.1 Å². The standard InChI is InChI=1S/C34H32N2O4/c1-39-32-16-14-21-17-22(13-15-31(21)35-32)33(37)23-18-24-7-6-8-25(19-23)36(24)34(38)40-20-30-28-11-4-2-9-26(28)27-10-3-5-12-29(27)30/h2-5,9-17,23-25,30H,6-8,18-20H2,1H3. The molecule has 2 unspecified atom stereocenters. The van der Waals surface area contributed by atoms with Gasteiger partial charge >= 0.3 is 6.09 Å². The largest absolute Gasteiger partial charge is 0.481 e. The summed E-state index contributed by atoms with van der Waals surface area (Å²) in [4.78, 5) is 33.6. The van der Waals surface area contributed by atoms with E-state index in [1.807, 2.05) is 35.2 Å². The average molecular weight is 533 g/mol. The van der Waals surface area contributed by atoms with Gasteiger partial charge in [0.15, 0.2) is 5.78 Å². The third kappa shape index (κ3) is 4.23. The van der Waals surface area contributed by atoms with E-state index < -0.39 is 0 Å². The summed E-state index contributed by atoms with van der Waals surface area (Å²) in [5, 5.41) is 0.919. The fourth-order valence-electron chi connectivity index (χ4n) is 7.17. The summed E-state index contributed by atoms with van der Waals surface area (Å²) in [5.41, 5.74) is 6.38. The van der Waals surface area contributed by atoms with E-state index in [0.29, 0.717) is 30.9 Å². The van der Waals surface area contributed by atoms with Crippen LogP contribution in [0.1, 0.15) is 59.5 Å². The summed E-state index contributed by atoms with van der Waals surface area (Å²) in [6.07, 6.45) is 4.01. The Morgan fingerprint density at radius 3 is 2.23 bits per heavy atom. The highest BCUT2D eigenvalue weighted by Crippen LogP contribution is 2.45. The number of aromatic nitrogens is 1. The molecule has 0 N–H and O–H groups in total. The van der Waals surface area contributed by atoms with Crippen molar-refractivity contribution in [2.24, 2.45) is 5.92 Å². The van der Waals surface area contributed by atoms with Crippen molar-refractivity contribution in [1.29, 1.82) is 0 Å². The van der Waals surface area contributed by atoms with Gasteiger partial charge in [-0.1, -0.05) is 48.5 Å². The van der Waals surface area contributed by atoms with Crippen molar-refractivity contribution in [2.75, 3.05) is 13.7 Å². The molecule has 2 bridgehead atoms. The first-order chi connectivity index (χ1) is 19.6. The molecule has 3 heterocycles. The second kappa shape index (κ2) is 10.1. The lowest BCUT2D eigenvalue weighted by Gasteiger charge is -2.47. The Hall–Kier alpha value is -4.19. The molecule has 0 radical (unpaired) electrons. The van der Waals surface area contributed by atoms with E-state index in [1.54, 1.807) is 7.11 Å². The van der Waals surface area contributed by atoms with Crippen molar-refractivity contribution >= 4 is 22.8 Å². The summed E-state index contributed by atoms with van der Waals surface area (Å²) in [6, 6.07) is 26.3. The number of benzene rings is 3. The number of hydrogen-bond donors (Lipinski definition) is 0. The number of amides is 1. The van der Waals surface area contributed by atoms with Crippen molar-refractivity contribution in [2.45, 2.75) is 50.1 Å². The van der Waals surface area contributed by atoms with E-state index in [9.17, 15) is 9.59 Å². The first kappa shape index (κ1) is 24.8. The van der Waals surface area contributed by atoms with Crippen LogP contribution in [-0.4, -0.2) is 47.6 Å². The molecule has 6 nitrogen and oxygen atoms in total. The van der Waals surface area contributed by atoms with E-state index in [1.165, 1.54) is 22.3 Å². The lowest BCUT2D eigenvalue weighted by molar-refractivity contribution is 0.00651. The zero-order valence-electron chi connectivity index (χ0n) is 22.6. The highest BCUT2D eigenvalue weighted by Gasteiger charge is 2.44. The van der Waals surface area contributed by atoms with Crippen LogP contribution in [0.25, 0.3) is 22.0 Å². The molecule has 0 spiro atoms. The first-order valence-electron chi connectivity index (χ1n) is 14.2. The number of Topliss-reactive ketones (excluding diaryl/α,β-unsaturated/α-hetero) is 1. The predicted molar refractivity (Wildman–Crippen MR) is 154 cm³/mol. The lowest BCUT2D eigenvalue weighted by atomic mass is 9.76. The molecule has 3 aromatic carbocycles. The normalized spacial score (nSPS) is 21.5. The number of ether oxygens (including phenoxy) is 2. The summed E-state index contributed by atoms with van der Waals surface area (Å²) in [6.45, 7) is 0.321. The lowest BCUT2D eigenvalue weighted by Crippen LogP contribution is -2.55. The molecular formula is C34H32N2O4. The Morgan fingerprint density at radius 2 is 1.55 bits per heavy atom. The van der Waals surface area contributed by atoms with Gasteiger partial charge in [-0.2, -0.15) is 0 Å². The van der Waals surface area contributed by atoms with Gasteiger partial charge in [0.2, 0.25) is 5.88 Å². The number of pyridine rings is 1. The van der Waals surface area contributed by atoms with Crippen LogP contribution < -0.4 is 4.74 Å². The van der Waals surface area contributed by atoms with Crippen LogP contribution >= 0.6 is 0 Å². The fourth-order valence-corrected chi connectivity index (χ4v) is 7.17. The highest BCUT2D eigenvalue weighted by atomic mass is 16.6. The van der Waals surface area contributed by atoms with Crippen LogP contribution in [0.5, 0.6) is 5.88 Å². The number of carbonyl (C=O) groups is 2. The summed E-state index contributed by atoms with van der Waals surface area (Å²) >= 11 is 0. The smallest absolute Gasteiger partial charge is 0.410 e. The quantitative estimate of drug-likeness (QED) is 0.259. The van der Waals surface area contributed by atoms with Gasteiger partial charge in [-0.25, -0.2) is 9.78 Å². The van der Waals surface area contributed by atoms with Gasteiger partial charge in [0, 0.05) is 40.9 Å². The second-order valence-corrected chi connectivity index (χ2v) is 11.2. The molecule has 2 saturated heterocycles. The van der Waals surface area contributed by atoms with Crippen LogP contribution in [-0.2, 0) is 4.74 Å². The molecule has 1 amide bonds. The average Bonchev–Trinajstić information content (AvgIpc) is 3.31. The van der Waals surface area contributed by atoms with Gasteiger partial charge < -0.3 is 14.4 Å². The molecule has 6 heteroatoms. The van der Waals surface area contributed by atoms with Crippen molar-refractivity contribution in [1.82, 2.24) is 9.88 Å². The molecule has 40 heavy (non-hydrogen) atoms. The monoisotopic (exact) mass is 532 g/mol. The molecule has 2 atom stereocenters. The van der Waals surface area contributed by atoms with Gasteiger partial charge in [0.1, 0.15) is 6.61 Å². The molecule has 4 aromatic rings. The molecule has 1 aliphatic carbocycles. The summed E-state index contributed by atoms with van der Waals surface area (Å²) in [7, 11) is 1.60. The maximum Gasteiger partial charge on any atom is 0.410 e. The maximum atomic E-state index is 13.6. The molecule has 3 aliphatic rings. The van der Waals surface area contributed by atoms with E-state index in [0.717, 1.165) is 30.2 Å². The number of carbonyl (C=O) groups excluding carboxylic acids is 2. The summed E-state index contributed by atoms with van der Waals surface area (Å²) < 4.78 is 11.3. The van der Waals surface area contributed by atoms with Gasteiger partial charge in [0.05, 0.1) is 12.6 Å². The zero-order valence-corrected chi connectivity index (χ0v) is 22.6. The number of rotatable bonds is 5. The van der Waals surface area contributed by atoms with Crippen LogP contribution in [0, 0.1) is 5.92 Å². The van der Waals surface area contributed by atoms with Gasteiger partial charge in [-0.3, -0.25) is 4.79 Å². The van der Waals surface area contributed by atoms with Crippen LogP contribution in [0.15, 0.2) is 78.9 Å². The number of hydrogen-bond acceptors (Lipinski definition) is 5. The SMILES string of the molecule is COc1ccc2cc(C(=O)C3CC4CCCC(C3)N4C(=O)OCC3c4ccccc4-c4ccccc43)ccc2n1. The van der Waals surface area contributed by atoms with E-state index in [-0.39, 0.29) is 35.8 Å². The molecule has 7 rings (SSSR count). The van der Waals surface area contributed by atoms with Crippen LogP contribution in [0.4, 0.5) is 4.79 Å². The molecular weight excluding hydrogens is 500 g/mol. The maximum absolute atomic E-state index is 13.6. The Balaban J connectivity index is 1.06. The number of fused-ring (bicyclic) bond motifs is 6. The molecule has 0 saturated carbocycles. The number of methoxy groups -OCH3 is 1. The first-order valence-corrected chi connectivity index (χ1v) is 14.2. The van der Waals surface area contributed by atoms with Gasteiger partial charge in [0.25, 0.3) is 0 Å². The van der Waals surface area contributed by atoms with E-state index in [2.05, 4.69) is 53.5 Å². The molecule has 2 aliphatic heterocycles. The number of piperidine rings is 2. The Bertz CT molecular complexity index is 1560. The van der Waals surface area contributed by atoms with Gasteiger partial charge in [-0.05, 0) is 78.6 Å². The topological polar surface area (TPSA) is 68.7 Å². The van der Waals surface area contributed by atoms with E-state index in [4.69, 9.17) is 9.47 Å². The zero-order chi connectivity index (χ0) is 27.2.